The Morgan fingerprint density at radius 3 is 2.16 bits per heavy atom. The fourth-order valence-corrected chi connectivity index (χ4v) is 1.56. The zero-order valence-corrected chi connectivity index (χ0v) is 11.0. The normalized spacial score (nSPS) is 10.6. The van der Waals surface area contributed by atoms with Gasteiger partial charge in [-0.25, -0.2) is 0 Å². The van der Waals surface area contributed by atoms with Crippen LogP contribution in [0.25, 0.3) is 11.1 Å². The summed E-state index contributed by atoms with van der Waals surface area (Å²) in [5, 5.41) is 11.2. The first-order chi connectivity index (χ1) is 8.79. The second kappa shape index (κ2) is 7.28. The summed E-state index contributed by atoms with van der Waals surface area (Å²) < 4.78 is 5.33. The molecule has 0 spiro atoms. The van der Waals surface area contributed by atoms with E-state index in [0.717, 1.165) is 11.1 Å². The lowest BCUT2D eigenvalue weighted by Crippen LogP contribution is -2.20. The van der Waals surface area contributed by atoms with E-state index in [0.29, 0.717) is 5.75 Å². The van der Waals surface area contributed by atoms with Crippen molar-refractivity contribution in [3.8, 4) is 16.9 Å². The minimum atomic E-state index is 0. The molecule has 0 amide bonds. The summed E-state index contributed by atoms with van der Waals surface area (Å²) in [6, 6.07) is 17.7. The second-order valence-corrected chi connectivity index (χ2v) is 3.77. The number of amidine groups is 1. The first kappa shape index (κ1) is 14.9. The average molecular weight is 279 g/mol. The number of oxime groups is 1. The molecule has 0 atom stereocenters. The fraction of sp³-hybridized carbons (Fsp3) is 0.0714. The predicted octanol–water partition coefficient (Wildman–Crippen LogP) is 2.90. The number of hydrogen-bond acceptors (Lipinski definition) is 3. The molecule has 3 N–H and O–H groups in total. The van der Waals surface area contributed by atoms with Gasteiger partial charge in [-0.2, -0.15) is 0 Å². The summed E-state index contributed by atoms with van der Waals surface area (Å²) in [6.45, 7) is 0.0706. The molecule has 0 bridgehead atoms. The van der Waals surface area contributed by atoms with Crippen LogP contribution in [-0.4, -0.2) is 17.6 Å². The van der Waals surface area contributed by atoms with Crippen molar-refractivity contribution >= 4 is 18.2 Å². The molecule has 100 valence electrons. The molecule has 0 heterocycles. The van der Waals surface area contributed by atoms with Crippen LogP contribution in [-0.2, 0) is 0 Å². The number of hydrogen-bond donors (Lipinski definition) is 2. The number of rotatable bonds is 4. The highest BCUT2D eigenvalue weighted by molar-refractivity contribution is 5.85. The van der Waals surface area contributed by atoms with Crippen LogP contribution < -0.4 is 10.5 Å². The zero-order valence-electron chi connectivity index (χ0n) is 10.2. The van der Waals surface area contributed by atoms with Gasteiger partial charge in [-0.05, 0) is 23.3 Å². The molecule has 0 aliphatic heterocycles. The third-order valence-corrected chi connectivity index (χ3v) is 2.48. The van der Waals surface area contributed by atoms with Gasteiger partial charge >= 0.3 is 0 Å². The Bertz CT molecular complexity index is 527. The summed E-state index contributed by atoms with van der Waals surface area (Å²) in [6.07, 6.45) is 0. The molecule has 5 heteroatoms. The van der Waals surface area contributed by atoms with Gasteiger partial charge in [0.1, 0.15) is 12.4 Å². The minimum absolute atomic E-state index is 0. The van der Waals surface area contributed by atoms with E-state index in [-0.39, 0.29) is 24.8 Å². The fourth-order valence-electron chi connectivity index (χ4n) is 1.56. The van der Waals surface area contributed by atoms with Crippen molar-refractivity contribution in [2.75, 3.05) is 6.61 Å². The lowest BCUT2D eigenvalue weighted by Gasteiger charge is -2.06. The molecule has 0 saturated heterocycles. The van der Waals surface area contributed by atoms with E-state index in [1.165, 1.54) is 0 Å². The van der Waals surface area contributed by atoms with Gasteiger partial charge in [0.2, 0.25) is 0 Å². The van der Waals surface area contributed by atoms with Crippen LogP contribution in [0.3, 0.4) is 0 Å². The number of nitrogens with two attached hydrogens (primary N) is 1. The minimum Gasteiger partial charge on any atom is -0.486 e. The third kappa shape index (κ3) is 4.19. The summed E-state index contributed by atoms with van der Waals surface area (Å²) in [7, 11) is 0. The van der Waals surface area contributed by atoms with Gasteiger partial charge in [0.15, 0.2) is 5.84 Å². The molecule has 19 heavy (non-hydrogen) atoms. The molecular formula is C14H15ClN2O2. The Hall–Kier alpha value is -2.20. The van der Waals surface area contributed by atoms with Crippen LogP contribution in [0.5, 0.6) is 5.75 Å². The molecule has 0 aliphatic rings. The first-order valence-electron chi connectivity index (χ1n) is 5.54. The van der Waals surface area contributed by atoms with E-state index in [9.17, 15) is 0 Å². The predicted molar refractivity (Wildman–Crippen MR) is 78.0 cm³/mol. The van der Waals surface area contributed by atoms with E-state index >= 15 is 0 Å². The number of benzene rings is 2. The second-order valence-electron chi connectivity index (χ2n) is 3.77. The summed E-state index contributed by atoms with van der Waals surface area (Å²) in [5.41, 5.74) is 7.59. The molecular weight excluding hydrogens is 264 g/mol. The van der Waals surface area contributed by atoms with Crippen molar-refractivity contribution in [2.45, 2.75) is 0 Å². The summed E-state index contributed by atoms with van der Waals surface area (Å²) in [4.78, 5) is 0. The molecule has 0 aliphatic carbocycles. The Morgan fingerprint density at radius 2 is 1.58 bits per heavy atom. The molecule has 2 aromatic rings. The van der Waals surface area contributed by atoms with Gasteiger partial charge in [-0.3, -0.25) is 0 Å². The average Bonchev–Trinajstić information content (AvgIpc) is 2.46. The molecule has 2 rings (SSSR count). The van der Waals surface area contributed by atoms with Gasteiger partial charge in [0, 0.05) is 0 Å². The monoisotopic (exact) mass is 278 g/mol. The van der Waals surface area contributed by atoms with E-state index in [2.05, 4.69) is 5.16 Å². The third-order valence-electron chi connectivity index (χ3n) is 2.48. The maximum Gasteiger partial charge on any atom is 0.177 e. The lowest BCUT2D eigenvalue weighted by molar-refractivity contribution is 0.306. The van der Waals surface area contributed by atoms with Crippen molar-refractivity contribution in [3.05, 3.63) is 54.6 Å². The highest BCUT2D eigenvalue weighted by Gasteiger charge is 1.99. The molecule has 0 unspecified atom stereocenters. The Balaban J connectivity index is 0.00000180. The van der Waals surface area contributed by atoms with Crippen molar-refractivity contribution in [2.24, 2.45) is 10.9 Å². The number of halogens is 1. The summed E-state index contributed by atoms with van der Waals surface area (Å²) in [5.74, 6) is 0.725. The molecule has 2 aromatic carbocycles. The Labute approximate surface area is 117 Å². The number of nitrogens with zero attached hydrogens (tertiary/aromatic N) is 1. The van der Waals surface area contributed by atoms with E-state index in [1.54, 1.807) is 0 Å². The van der Waals surface area contributed by atoms with Crippen LogP contribution in [0, 0.1) is 0 Å². The SMILES string of the molecule is Cl.N/C(COc1ccc(-c2ccccc2)cc1)=N\O. The van der Waals surface area contributed by atoms with Gasteiger partial charge in [0.25, 0.3) is 0 Å². The van der Waals surface area contributed by atoms with Gasteiger partial charge in [-0.1, -0.05) is 47.6 Å². The Kier molecular flexibility index (Phi) is 5.70. The van der Waals surface area contributed by atoms with Crippen LogP contribution in [0.4, 0.5) is 0 Å². The maximum atomic E-state index is 8.39. The topological polar surface area (TPSA) is 67.8 Å². The molecule has 0 saturated carbocycles. The molecule has 4 nitrogen and oxygen atoms in total. The highest BCUT2D eigenvalue weighted by atomic mass is 35.5. The van der Waals surface area contributed by atoms with Crippen molar-refractivity contribution in [1.82, 2.24) is 0 Å². The quantitative estimate of drug-likeness (QED) is 0.391. The van der Waals surface area contributed by atoms with E-state index in [4.69, 9.17) is 15.7 Å². The van der Waals surface area contributed by atoms with Crippen LogP contribution in [0.2, 0.25) is 0 Å². The molecule has 0 radical (unpaired) electrons. The summed E-state index contributed by atoms with van der Waals surface area (Å²) >= 11 is 0. The lowest BCUT2D eigenvalue weighted by atomic mass is 10.1. The van der Waals surface area contributed by atoms with Crippen LogP contribution in [0.1, 0.15) is 0 Å². The van der Waals surface area contributed by atoms with Crippen molar-refractivity contribution < 1.29 is 9.94 Å². The van der Waals surface area contributed by atoms with E-state index in [1.807, 2.05) is 54.6 Å². The van der Waals surface area contributed by atoms with Crippen molar-refractivity contribution in [3.63, 3.8) is 0 Å². The maximum absolute atomic E-state index is 8.39. The van der Waals surface area contributed by atoms with Crippen molar-refractivity contribution in [1.29, 1.82) is 0 Å². The highest BCUT2D eigenvalue weighted by Crippen LogP contribution is 2.21. The molecule has 0 aromatic heterocycles. The van der Waals surface area contributed by atoms with Gasteiger partial charge in [-0.15, -0.1) is 12.4 Å². The van der Waals surface area contributed by atoms with Crippen LogP contribution in [0.15, 0.2) is 59.8 Å². The first-order valence-corrected chi connectivity index (χ1v) is 5.54. The molecule has 0 fully saturated rings. The van der Waals surface area contributed by atoms with Gasteiger partial charge in [0.05, 0.1) is 0 Å². The zero-order chi connectivity index (χ0) is 12.8. The van der Waals surface area contributed by atoms with Gasteiger partial charge < -0.3 is 15.7 Å². The Morgan fingerprint density at radius 1 is 1.00 bits per heavy atom. The van der Waals surface area contributed by atoms with E-state index < -0.39 is 0 Å². The smallest absolute Gasteiger partial charge is 0.177 e. The standard InChI is InChI=1S/C14H14N2O2.ClH/c15-14(16-17)10-18-13-8-6-12(7-9-13)11-4-2-1-3-5-11;/h1-9,17H,10H2,(H2,15,16);1H. The number of ether oxygens (including phenoxy) is 1. The largest absolute Gasteiger partial charge is 0.486 e. The van der Waals surface area contributed by atoms with Crippen LogP contribution >= 0.6 is 12.4 Å².